The third kappa shape index (κ3) is 7.18. The second kappa shape index (κ2) is 15.9. The van der Waals surface area contributed by atoms with E-state index in [2.05, 4.69) is 211 Å². The molecule has 0 heterocycles. The van der Waals surface area contributed by atoms with Crippen molar-refractivity contribution in [2.45, 2.75) is 59.6 Å². The van der Waals surface area contributed by atoms with Crippen molar-refractivity contribution in [2.24, 2.45) is 0 Å². The van der Waals surface area contributed by atoms with Crippen LogP contribution in [0.4, 0.5) is 0 Å². The Hall–Kier alpha value is -4.33. The average Bonchev–Trinajstić information content (AvgIpc) is 3.94. The quantitative estimate of drug-likeness (QED) is 0.156. The van der Waals surface area contributed by atoms with Gasteiger partial charge in [-0.3, -0.25) is 0 Å². The molecule has 0 atom stereocenters. The maximum absolute atomic E-state index is 9.41. The van der Waals surface area contributed by atoms with Crippen LogP contribution in [-0.4, -0.2) is 3.21 Å². The van der Waals surface area contributed by atoms with E-state index < -0.39 is 19.5 Å². The molecule has 2 aliphatic carbocycles. The summed E-state index contributed by atoms with van der Waals surface area (Å²) < 4.78 is 0.240. The fraction of sp³-hybridized carbons (Fsp3) is 0.169. The molecule has 5 heteroatoms. The summed E-state index contributed by atoms with van der Waals surface area (Å²) >= 11 is 8.40. The van der Waals surface area contributed by atoms with E-state index in [1.807, 2.05) is 12.1 Å². The van der Waals surface area contributed by atoms with Crippen LogP contribution in [0.5, 0.6) is 0 Å². The summed E-state index contributed by atoms with van der Waals surface area (Å²) in [6.45, 7) is 13.9. The molecule has 0 saturated carbocycles. The van der Waals surface area contributed by atoms with Crippen LogP contribution in [0.3, 0.4) is 0 Å². The first-order valence-corrected chi connectivity index (χ1v) is 33.3. The Kier molecular flexibility index (Phi) is 10.8. The second-order valence-corrected chi connectivity index (χ2v) is 41.4. The van der Waals surface area contributed by atoms with E-state index in [-0.39, 0.29) is 14.5 Å². The first kappa shape index (κ1) is 43.6. The molecule has 0 saturated heterocycles. The third-order valence-electron chi connectivity index (χ3n) is 13.6. The van der Waals surface area contributed by atoms with Crippen LogP contribution in [0.2, 0.25) is 13.7 Å². The Morgan fingerprint density at radius 3 is 1.25 bits per heavy atom. The molecule has 0 radical (unpaired) electrons. The zero-order valence-electron chi connectivity index (χ0n) is 37.0. The molecule has 0 aliphatic heterocycles. The normalized spacial score (nSPS) is 14.4. The minimum absolute atomic E-state index is 0.178. The van der Waals surface area contributed by atoms with Crippen LogP contribution in [-0.2, 0) is 26.7 Å². The maximum atomic E-state index is 9.41. The van der Waals surface area contributed by atoms with Gasteiger partial charge in [0.2, 0.25) is 0 Å². The number of hydrogen-bond acceptors (Lipinski definition) is 0. The van der Waals surface area contributed by atoms with Gasteiger partial charge in [0, 0.05) is 0 Å². The molecule has 318 valence electrons. The molecule has 8 aromatic rings. The first-order chi connectivity index (χ1) is 30.5. The summed E-state index contributed by atoms with van der Waals surface area (Å²) in [5.41, 5.74) is 13.5. The molecule has 64 heavy (non-hydrogen) atoms. The number of hydrogen-bond donors (Lipinski definition) is 0. The van der Waals surface area contributed by atoms with Crippen LogP contribution in [0, 0.1) is 0 Å². The number of benzene rings is 8. The van der Waals surface area contributed by atoms with E-state index >= 15 is 0 Å². The molecule has 0 nitrogen and oxygen atoms in total. The standard InChI is InChI=1S/C33H33.C21H12Cl2.C5H5.2ClH.Zr/c1-32(2,3)30-20-26-24(18-28(30)22-13-9-7-10-14-22)17-25-19-29(23-15-11-8-12-16-23)31(21-27(25)26)33(4,5)6;22-18-10-14-5-1-3-7-20(14)16(12-18)9-17-13-19(23)11-15-6-2-4-8-21(15)17;1-2-4-5-3-1;;;/h7-21H,1-6H3;1-8,10-13H;1-5H;2*1H;/q;;;;;+2/p-2. The van der Waals surface area contributed by atoms with Gasteiger partial charge in [-0.25, -0.2) is 0 Å². The van der Waals surface area contributed by atoms with Gasteiger partial charge in [-0.1, -0.05) is 0 Å². The number of halogens is 4. The van der Waals surface area contributed by atoms with Gasteiger partial charge in [0.15, 0.2) is 0 Å². The summed E-state index contributed by atoms with van der Waals surface area (Å²) in [6, 6.07) is 56.7. The topological polar surface area (TPSA) is 0 Å². The van der Waals surface area contributed by atoms with Gasteiger partial charge in [0.05, 0.1) is 0 Å². The van der Waals surface area contributed by atoms with E-state index in [0.717, 1.165) is 58.1 Å². The molecule has 0 unspecified atom stereocenters. The van der Waals surface area contributed by atoms with Gasteiger partial charge < -0.3 is 0 Å². The van der Waals surface area contributed by atoms with E-state index in [9.17, 15) is 17.0 Å². The summed E-state index contributed by atoms with van der Waals surface area (Å²) in [6.07, 6.45) is 8.76. The van der Waals surface area contributed by atoms with E-state index in [1.165, 1.54) is 33.4 Å². The monoisotopic (exact) mass is 988 g/mol. The van der Waals surface area contributed by atoms with Crippen LogP contribution in [0.25, 0.3) is 54.9 Å². The van der Waals surface area contributed by atoms with Gasteiger partial charge in [-0.2, -0.15) is 0 Å². The van der Waals surface area contributed by atoms with E-state index in [4.69, 9.17) is 23.2 Å². The molecular formula is C59H50Cl4Zr. The number of fused-ring (bicyclic) bond motifs is 5. The zero-order chi connectivity index (χ0) is 44.8. The molecule has 2 aliphatic rings. The van der Waals surface area contributed by atoms with Gasteiger partial charge in [-0.05, 0) is 0 Å². The van der Waals surface area contributed by atoms with Crippen LogP contribution in [0.15, 0.2) is 182 Å². The minimum atomic E-state index is -6.10. The van der Waals surface area contributed by atoms with Gasteiger partial charge in [-0.15, -0.1) is 0 Å². The molecule has 8 aromatic carbocycles. The Morgan fingerprint density at radius 1 is 0.453 bits per heavy atom. The molecule has 0 spiro atoms. The van der Waals surface area contributed by atoms with Crippen molar-refractivity contribution in [1.29, 1.82) is 0 Å². The van der Waals surface area contributed by atoms with Gasteiger partial charge in [0.25, 0.3) is 0 Å². The van der Waals surface area contributed by atoms with Crippen molar-refractivity contribution in [3.05, 3.63) is 225 Å². The first-order valence-electron chi connectivity index (χ1n) is 22.2. The Bertz CT molecular complexity index is 3110. The summed E-state index contributed by atoms with van der Waals surface area (Å²) in [7, 11) is 18.8. The molecule has 0 N–H and O–H groups in total. The van der Waals surface area contributed by atoms with Gasteiger partial charge in [0.1, 0.15) is 0 Å². The Labute approximate surface area is 395 Å². The summed E-state index contributed by atoms with van der Waals surface area (Å²) in [5, 5.41) is 5.36. The molecule has 0 aromatic heterocycles. The average molecular weight is 992 g/mol. The Morgan fingerprint density at radius 2 is 0.844 bits per heavy atom. The van der Waals surface area contributed by atoms with Crippen molar-refractivity contribution >= 4 is 65.0 Å². The van der Waals surface area contributed by atoms with Crippen LogP contribution in [0.1, 0.15) is 78.5 Å². The van der Waals surface area contributed by atoms with Crippen molar-refractivity contribution < 1.29 is 15.9 Å². The predicted octanol–water partition coefficient (Wildman–Crippen LogP) is 18.5. The number of allylic oxidation sites excluding steroid dienone is 4. The van der Waals surface area contributed by atoms with Crippen molar-refractivity contribution in [3.63, 3.8) is 0 Å². The predicted molar refractivity (Wildman–Crippen MR) is 277 cm³/mol. The van der Waals surface area contributed by atoms with E-state index in [1.54, 1.807) is 0 Å². The van der Waals surface area contributed by atoms with Crippen molar-refractivity contribution in [2.75, 3.05) is 0 Å². The SMILES string of the molecule is CC(C)(C)c1cc2c(cc1-c1ccccc1)[CH]([Zr]([Cl])([Cl])(=[C](c1cc(Cl)cc3ccccc13)c1cc(Cl)cc3ccccc13)[CH]1C=CC=C1)c1cc(-c3ccccc3)c(C(C)(C)C)cc1-2. The molecule has 0 bridgehead atoms. The van der Waals surface area contributed by atoms with Gasteiger partial charge >= 0.3 is 399 Å². The molecule has 10 rings (SSSR count). The van der Waals surface area contributed by atoms with Crippen molar-refractivity contribution in [3.8, 4) is 33.4 Å². The second-order valence-electron chi connectivity index (χ2n) is 19.8. The molecule has 0 fully saturated rings. The molecular weight excluding hydrogens is 942 g/mol. The fourth-order valence-electron chi connectivity index (χ4n) is 10.8. The number of rotatable bonds is 6. The third-order valence-corrected chi connectivity index (χ3v) is 33.6. The van der Waals surface area contributed by atoms with Crippen LogP contribution >= 0.6 is 40.2 Å². The van der Waals surface area contributed by atoms with E-state index in [0.29, 0.717) is 10.0 Å². The molecule has 0 amide bonds. The summed E-state index contributed by atoms with van der Waals surface area (Å²) in [4.78, 5) is 0. The fourth-order valence-corrected chi connectivity index (χ4v) is 30.4. The zero-order valence-corrected chi connectivity index (χ0v) is 42.5. The van der Waals surface area contributed by atoms with Crippen molar-refractivity contribution in [1.82, 2.24) is 0 Å². The van der Waals surface area contributed by atoms with Crippen LogP contribution < -0.4 is 0 Å². The summed E-state index contributed by atoms with van der Waals surface area (Å²) in [5.74, 6) is 0. The Balaban J connectivity index is 1.49.